The molecule has 0 aliphatic carbocycles. The Kier molecular flexibility index (Phi) is 4.82. The van der Waals surface area contributed by atoms with E-state index in [1.165, 1.54) is 11.3 Å². The molecule has 0 unspecified atom stereocenters. The summed E-state index contributed by atoms with van der Waals surface area (Å²) in [5, 5.41) is 1.80. The van der Waals surface area contributed by atoms with E-state index in [0.29, 0.717) is 10.8 Å². The van der Waals surface area contributed by atoms with Gasteiger partial charge in [0, 0.05) is 13.1 Å². The van der Waals surface area contributed by atoms with Crippen molar-refractivity contribution in [3.63, 3.8) is 0 Å². The molecule has 1 aliphatic heterocycles. The van der Waals surface area contributed by atoms with Crippen molar-refractivity contribution in [2.75, 3.05) is 20.6 Å². The van der Waals surface area contributed by atoms with Gasteiger partial charge in [-0.25, -0.2) is 8.42 Å². The predicted molar refractivity (Wildman–Crippen MR) is 91.8 cm³/mol. The lowest BCUT2D eigenvalue weighted by atomic mass is 10.1. The summed E-state index contributed by atoms with van der Waals surface area (Å²) in [6.07, 6.45) is 1.69. The maximum atomic E-state index is 12.8. The van der Waals surface area contributed by atoms with Crippen molar-refractivity contribution in [1.29, 1.82) is 0 Å². The molecule has 0 bridgehead atoms. The number of nitrogens with zero attached hydrogens (tertiary/aromatic N) is 3. The van der Waals surface area contributed by atoms with Gasteiger partial charge in [0.05, 0.1) is 17.4 Å². The molecule has 0 N–H and O–H groups in total. The van der Waals surface area contributed by atoms with Crippen molar-refractivity contribution in [3.05, 3.63) is 47.1 Å². The number of sulfonamides is 1. The summed E-state index contributed by atoms with van der Waals surface area (Å²) in [7, 11) is 0.568. The van der Waals surface area contributed by atoms with Gasteiger partial charge in [0.1, 0.15) is 4.21 Å². The Morgan fingerprint density at radius 3 is 2.83 bits per heavy atom. The first-order valence-corrected chi connectivity index (χ1v) is 9.96. The first kappa shape index (κ1) is 16.6. The largest absolute Gasteiger partial charge is 0.304 e. The lowest BCUT2D eigenvalue weighted by Crippen LogP contribution is -2.30. The average Bonchev–Trinajstić information content (AvgIpc) is 3.19. The molecular weight excluding hydrogens is 330 g/mol. The molecule has 1 aliphatic rings. The second-order valence-electron chi connectivity index (χ2n) is 6.00. The molecule has 0 radical (unpaired) electrons. The molecule has 23 heavy (non-hydrogen) atoms. The molecule has 5 nitrogen and oxygen atoms in total. The molecule has 1 atom stereocenters. The van der Waals surface area contributed by atoms with Gasteiger partial charge in [0.15, 0.2) is 0 Å². The second-order valence-corrected chi connectivity index (χ2v) is 9.06. The molecular formula is C16H21N3O2S2. The molecule has 7 heteroatoms. The molecule has 0 spiro atoms. The van der Waals surface area contributed by atoms with Crippen molar-refractivity contribution < 1.29 is 8.42 Å². The van der Waals surface area contributed by atoms with Crippen LogP contribution in [0, 0.1) is 0 Å². The molecule has 1 saturated heterocycles. The number of rotatable bonds is 5. The molecule has 124 valence electrons. The SMILES string of the molecule is CN(C)Cc1cccc([C@H]2CCCN2S(=O)(=O)c2cccs2)n1. The molecule has 2 aromatic rings. The van der Waals surface area contributed by atoms with Crippen molar-refractivity contribution >= 4 is 21.4 Å². The smallest absolute Gasteiger partial charge is 0.253 e. The van der Waals surface area contributed by atoms with Crippen LogP contribution in [0.15, 0.2) is 39.9 Å². The van der Waals surface area contributed by atoms with Gasteiger partial charge in [0.2, 0.25) is 0 Å². The zero-order chi connectivity index (χ0) is 16.4. The first-order chi connectivity index (χ1) is 11.0. The Hall–Kier alpha value is -1.28. The highest BCUT2D eigenvalue weighted by molar-refractivity contribution is 7.91. The topological polar surface area (TPSA) is 53.5 Å². The van der Waals surface area contributed by atoms with Gasteiger partial charge in [-0.2, -0.15) is 4.31 Å². The van der Waals surface area contributed by atoms with Crippen LogP contribution >= 0.6 is 11.3 Å². The van der Waals surface area contributed by atoms with Crippen LogP contribution in [0.1, 0.15) is 30.3 Å². The summed E-state index contributed by atoms with van der Waals surface area (Å²) >= 11 is 1.27. The molecule has 3 rings (SSSR count). The number of pyridine rings is 1. The number of aromatic nitrogens is 1. The van der Waals surface area contributed by atoms with Crippen molar-refractivity contribution in [2.24, 2.45) is 0 Å². The zero-order valence-electron chi connectivity index (χ0n) is 13.3. The highest BCUT2D eigenvalue weighted by Gasteiger charge is 2.37. The standard InChI is InChI=1S/C16H21N3O2S2/c1-18(2)12-13-6-3-7-14(17-13)15-8-4-10-19(15)23(20,21)16-9-5-11-22-16/h3,5-7,9,11,15H,4,8,10,12H2,1-2H3/t15-/m1/s1. The molecule has 0 amide bonds. The highest BCUT2D eigenvalue weighted by atomic mass is 32.2. The zero-order valence-corrected chi connectivity index (χ0v) is 15.0. The van der Waals surface area contributed by atoms with E-state index in [0.717, 1.165) is 30.8 Å². The minimum absolute atomic E-state index is 0.163. The van der Waals surface area contributed by atoms with Crippen LogP contribution < -0.4 is 0 Å². The van der Waals surface area contributed by atoms with E-state index in [2.05, 4.69) is 4.90 Å². The lowest BCUT2D eigenvalue weighted by molar-refractivity contribution is 0.380. The molecule has 0 saturated carbocycles. The van der Waals surface area contributed by atoms with Crippen LogP contribution in [0.3, 0.4) is 0 Å². The highest BCUT2D eigenvalue weighted by Crippen LogP contribution is 2.36. The molecule has 2 aromatic heterocycles. The van der Waals surface area contributed by atoms with Crippen LogP contribution in [0.4, 0.5) is 0 Å². The van der Waals surface area contributed by atoms with Gasteiger partial charge < -0.3 is 4.90 Å². The fourth-order valence-electron chi connectivity index (χ4n) is 2.95. The number of thiophene rings is 1. The van der Waals surface area contributed by atoms with Crippen LogP contribution in [-0.2, 0) is 16.6 Å². The van der Waals surface area contributed by atoms with Crippen molar-refractivity contribution in [2.45, 2.75) is 29.6 Å². The quantitative estimate of drug-likeness (QED) is 0.831. The van der Waals surface area contributed by atoms with Gasteiger partial charge in [-0.3, -0.25) is 4.98 Å². The van der Waals surface area contributed by atoms with Gasteiger partial charge in [-0.1, -0.05) is 12.1 Å². The van der Waals surface area contributed by atoms with E-state index >= 15 is 0 Å². The van der Waals surface area contributed by atoms with Crippen LogP contribution in [0.2, 0.25) is 0 Å². The fraction of sp³-hybridized carbons (Fsp3) is 0.438. The normalized spacial score (nSPS) is 19.5. The summed E-state index contributed by atoms with van der Waals surface area (Å²) < 4.78 is 27.7. The Labute approximate surface area is 141 Å². The minimum Gasteiger partial charge on any atom is -0.304 e. The Bertz CT molecular complexity index is 757. The van der Waals surface area contributed by atoms with Gasteiger partial charge in [0.25, 0.3) is 10.0 Å². The monoisotopic (exact) mass is 351 g/mol. The summed E-state index contributed by atoms with van der Waals surface area (Å²) in [6, 6.07) is 9.17. The minimum atomic E-state index is -3.43. The van der Waals surface area contributed by atoms with E-state index in [9.17, 15) is 8.42 Å². The number of hydrogen-bond acceptors (Lipinski definition) is 5. The second kappa shape index (κ2) is 6.68. The third-order valence-electron chi connectivity index (χ3n) is 3.91. The van der Waals surface area contributed by atoms with E-state index in [1.807, 2.05) is 32.3 Å². The van der Waals surface area contributed by atoms with Crippen LogP contribution in [-0.4, -0.2) is 43.2 Å². The molecule has 0 aromatic carbocycles. The maximum absolute atomic E-state index is 12.8. The summed E-state index contributed by atoms with van der Waals surface area (Å²) in [5.74, 6) is 0. The average molecular weight is 351 g/mol. The fourth-order valence-corrected chi connectivity index (χ4v) is 5.73. The predicted octanol–water partition coefficient (Wildman–Crippen LogP) is 2.73. The third kappa shape index (κ3) is 3.47. The number of hydrogen-bond donors (Lipinski definition) is 0. The van der Waals surface area contributed by atoms with E-state index in [4.69, 9.17) is 4.98 Å². The Morgan fingerprint density at radius 2 is 2.13 bits per heavy atom. The van der Waals surface area contributed by atoms with Gasteiger partial charge >= 0.3 is 0 Å². The van der Waals surface area contributed by atoms with Gasteiger partial charge in [-0.05, 0) is 50.5 Å². The van der Waals surface area contributed by atoms with E-state index in [-0.39, 0.29) is 6.04 Å². The first-order valence-electron chi connectivity index (χ1n) is 7.64. The Balaban J connectivity index is 1.90. The summed E-state index contributed by atoms with van der Waals surface area (Å²) in [4.78, 5) is 6.75. The lowest BCUT2D eigenvalue weighted by Gasteiger charge is -2.23. The maximum Gasteiger partial charge on any atom is 0.253 e. The third-order valence-corrected chi connectivity index (χ3v) is 7.19. The van der Waals surface area contributed by atoms with Crippen molar-refractivity contribution in [1.82, 2.24) is 14.2 Å². The summed E-state index contributed by atoms with van der Waals surface area (Å²) in [5.41, 5.74) is 1.81. The summed E-state index contributed by atoms with van der Waals surface area (Å²) in [6.45, 7) is 1.31. The molecule has 3 heterocycles. The van der Waals surface area contributed by atoms with E-state index < -0.39 is 10.0 Å². The van der Waals surface area contributed by atoms with Crippen LogP contribution in [0.5, 0.6) is 0 Å². The van der Waals surface area contributed by atoms with E-state index in [1.54, 1.807) is 21.8 Å². The van der Waals surface area contributed by atoms with Crippen LogP contribution in [0.25, 0.3) is 0 Å². The Morgan fingerprint density at radius 1 is 1.30 bits per heavy atom. The molecule has 1 fully saturated rings. The van der Waals surface area contributed by atoms with Crippen molar-refractivity contribution in [3.8, 4) is 0 Å². The van der Waals surface area contributed by atoms with Gasteiger partial charge in [-0.15, -0.1) is 11.3 Å².